The Morgan fingerprint density at radius 3 is 2.56 bits per heavy atom. The van der Waals surface area contributed by atoms with Crippen LogP contribution in [-0.2, 0) is 11.3 Å². The van der Waals surface area contributed by atoms with Crippen LogP contribution in [0.1, 0.15) is 52.2 Å². The first-order valence-electron chi connectivity index (χ1n) is 11.4. The van der Waals surface area contributed by atoms with Crippen LogP contribution in [0.4, 0.5) is 0 Å². The number of carbonyl (C=O) groups is 2. The zero-order chi connectivity index (χ0) is 24.2. The van der Waals surface area contributed by atoms with Gasteiger partial charge >= 0.3 is 0 Å². The Morgan fingerprint density at radius 1 is 1.09 bits per heavy atom. The minimum absolute atomic E-state index is 0.0267. The number of rotatable bonds is 8. The summed E-state index contributed by atoms with van der Waals surface area (Å²) >= 11 is 1.57. The van der Waals surface area contributed by atoms with Crippen LogP contribution in [0.25, 0.3) is 0 Å². The summed E-state index contributed by atoms with van der Waals surface area (Å²) < 4.78 is 10.8. The van der Waals surface area contributed by atoms with E-state index in [0.717, 1.165) is 16.0 Å². The number of hydrogen-bond acceptors (Lipinski definition) is 5. The molecule has 6 nitrogen and oxygen atoms in total. The number of carbonyl (C=O) groups excluding carboxylic acids is 2. The highest BCUT2D eigenvalue weighted by Crippen LogP contribution is 2.44. The van der Waals surface area contributed by atoms with Crippen molar-refractivity contribution in [3.05, 3.63) is 81.5 Å². The van der Waals surface area contributed by atoms with Crippen LogP contribution in [0.2, 0.25) is 0 Å². The van der Waals surface area contributed by atoms with E-state index in [9.17, 15) is 9.59 Å². The van der Waals surface area contributed by atoms with Gasteiger partial charge in [0.05, 0.1) is 26.2 Å². The molecule has 178 valence electrons. The number of nitrogens with zero attached hydrogens (tertiary/aromatic N) is 1. The molecule has 2 aromatic carbocycles. The number of nitrogens with one attached hydrogen (secondary N) is 1. The molecule has 0 bridgehead atoms. The van der Waals surface area contributed by atoms with Crippen LogP contribution in [0.5, 0.6) is 11.5 Å². The van der Waals surface area contributed by atoms with Gasteiger partial charge < -0.3 is 19.7 Å². The maximum absolute atomic E-state index is 13.8. The molecule has 0 unspecified atom stereocenters. The molecule has 1 aliphatic rings. The molecule has 4 rings (SSSR count). The van der Waals surface area contributed by atoms with Crippen molar-refractivity contribution < 1.29 is 19.1 Å². The number of methoxy groups -OCH3 is 2. The molecular formula is C27H30N2O4S. The number of benzene rings is 2. The van der Waals surface area contributed by atoms with Gasteiger partial charge in [-0.05, 0) is 47.2 Å². The zero-order valence-electron chi connectivity index (χ0n) is 19.9. The van der Waals surface area contributed by atoms with E-state index < -0.39 is 5.92 Å². The van der Waals surface area contributed by atoms with Crippen molar-refractivity contribution in [1.82, 2.24) is 10.2 Å². The van der Waals surface area contributed by atoms with Gasteiger partial charge in [0.2, 0.25) is 5.91 Å². The summed E-state index contributed by atoms with van der Waals surface area (Å²) in [5, 5.41) is 5.10. The van der Waals surface area contributed by atoms with E-state index in [0.29, 0.717) is 23.6 Å². The second kappa shape index (κ2) is 10.3. The Morgan fingerprint density at radius 2 is 1.88 bits per heavy atom. The second-order valence-corrected chi connectivity index (χ2v) is 9.75. The first kappa shape index (κ1) is 23.8. The average molecular weight is 479 g/mol. The summed E-state index contributed by atoms with van der Waals surface area (Å²) in [4.78, 5) is 30.2. The molecule has 1 aromatic heterocycles. The van der Waals surface area contributed by atoms with E-state index in [1.54, 1.807) is 25.6 Å². The van der Waals surface area contributed by atoms with Crippen molar-refractivity contribution in [3.8, 4) is 11.5 Å². The number of amides is 2. The van der Waals surface area contributed by atoms with Crippen LogP contribution in [0, 0.1) is 5.92 Å². The summed E-state index contributed by atoms with van der Waals surface area (Å²) in [7, 11) is 3.21. The zero-order valence-corrected chi connectivity index (χ0v) is 20.7. The smallest absolute Gasteiger partial charge is 0.254 e. The van der Waals surface area contributed by atoms with E-state index in [4.69, 9.17) is 9.47 Å². The number of fused-ring (bicyclic) bond motifs is 1. The van der Waals surface area contributed by atoms with Gasteiger partial charge in [0, 0.05) is 29.1 Å². The fraction of sp³-hybridized carbons (Fsp3) is 0.333. The summed E-state index contributed by atoms with van der Waals surface area (Å²) in [5.41, 5.74) is 2.18. The Labute approximate surface area is 204 Å². The minimum Gasteiger partial charge on any atom is -0.497 e. The first-order valence-corrected chi connectivity index (χ1v) is 12.2. The van der Waals surface area contributed by atoms with Crippen molar-refractivity contribution in [2.45, 2.75) is 32.4 Å². The van der Waals surface area contributed by atoms with Gasteiger partial charge in [-0.15, -0.1) is 11.3 Å². The Hall–Kier alpha value is -3.32. The van der Waals surface area contributed by atoms with Crippen LogP contribution in [0.15, 0.2) is 60.0 Å². The maximum Gasteiger partial charge on any atom is 0.254 e. The van der Waals surface area contributed by atoms with E-state index >= 15 is 0 Å². The summed E-state index contributed by atoms with van der Waals surface area (Å²) in [6.07, 6.45) is 0. The molecular weight excluding hydrogens is 448 g/mol. The second-order valence-electron chi connectivity index (χ2n) is 8.77. The molecule has 2 atom stereocenters. The molecule has 0 spiro atoms. The van der Waals surface area contributed by atoms with Gasteiger partial charge in [-0.3, -0.25) is 9.59 Å². The van der Waals surface area contributed by atoms with Crippen LogP contribution in [-0.4, -0.2) is 37.5 Å². The number of thiophene rings is 1. The standard InChI is InChI=1S/C27H30N2O4S/c1-17(2)16-29-25(23-10-7-13-34-23)24(20-8-5-6-9-21(20)27(29)31)26(30)28-15-18-14-19(32-3)11-12-22(18)33-4/h5-14,17,24-25H,15-16H2,1-4H3,(H,28,30)/t24-,25-/m0/s1. The third-order valence-electron chi connectivity index (χ3n) is 6.06. The molecule has 2 heterocycles. The van der Waals surface area contributed by atoms with E-state index in [-0.39, 0.29) is 30.3 Å². The molecule has 34 heavy (non-hydrogen) atoms. The van der Waals surface area contributed by atoms with Crippen LogP contribution in [0.3, 0.4) is 0 Å². The Bertz CT molecular complexity index is 1160. The molecule has 1 aliphatic heterocycles. The Kier molecular flexibility index (Phi) is 7.22. The summed E-state index contributed by atoms with van der Waals surface area (Å²) in [6.45, 7) is 5.03. The molecule has 1 N–H and O–H groups in total. The van der Waals surface area contributed by atoms with E-state index in [1.807, 2.05) is 64.9 Å². The molecule has 0 fully saturated rings. The highest BCUT2D eigenvalue weighted by Gasteiger charge is 2.44. The molecule has 0 saturated carbocycles. The van der Waals surface area contributed by atoms with Gasteiger partial charge in [-0.25, -0.2) is 0 Å². The molecule has 2 amide bonds. The largest absolute Gasteiger partial charge is 0.497 e. The summed E-state index contributed by atoms with van der Waals surface area (Å²) in [5.74, 6) is 0.956. The monoisotopic (exact) mass is 478 g/mol. The lowest BCUT2D eigenvalue weighted by Crippen LogP contribution is -2.48. The van der Waals surface area contributed by atoms with Gasteiger partial charge in [0.15, 0.2) is 0 Å². The SMILES string of the molecule is COc1ccc(OC)c(CNC(=O)[C@H]2c3ccccc3C(=O)N(CC(C)C)[C@H]2c2cccs2)c1. The van der Waals surface area contributed by atoms with E-state index in [1.165, 1.54) is 0 Å². The fourth-order valence-corrected chi connectivity index (χ4v) is 5.43. The van der Waals surface area contributed by atoms with Crippen LogP contribution >= 0.6 is 11.3 Å². The lowest BCUT2D eigenvalue weighted by atomic mass is 9.81. The van der Waals surface area contributed by atoms with Crippen LogP contribution < -0.4 is 14.8 Å². The average Bonchev–Trinajstić information content (AvgIpc) is 3.38. The molecule has 7 heteroatoms. The van der Waals surface area contributed by atoms with Gasteiger partial charge in [0.1, 0.15) is 11.5 Å². The highest BCUT2D eigenvalue weighted by atomic mass is 32.1. The van der Waals surface area contributed by atoms with Crippen molar-refractivity contribution >= 4 is 23.2 Å². The van der Waals surface area contributed by atoms with Crippen molar-refractivity contribution in [1.29, 1.82) is 0 Å². The first-order chi connectivity index (χ1) is 16.4. The lowest BCUT2D eigenvalue weighted by molar-refractivity contribution is -0.124. The van der Waals surface area contributed by atoms with Gasteiger partial charge in [0.25, 0.3) is 5.91 Å². The predicted octanol–water partition coefficient (Wildman–Crippen LogP) is 5.02. The summed E-state index contributed by atoms with van der Waals surface area (Å²) in [6, 6.07) is 16.6. The van der Waals surface area contributed by atoms with Crippen molar-refractivity contribution in [3.63, 3.8) is 0 Å². The fourth-order valence-electron chi connectivity index (χ4n) is 4.56. The third-order valence-corrected chi connectivity index (χ3v) is 7.00. The number of ether oxygens (including phenoxy) is 2. The van der Waals surface area contributed by atoms with Gasteiger partial charge in [-0.1, -0.05) is 38.1 Å². The quantitative estimate of drug-likeness (QED) is 0.494. The molecule has 0 aliphatic carbocycles. The molecule has 0 radical (unpaired) electrons. The maximum atomic E-state index is 13.8. The van der Waals surface area contributed by atoms with E-state index in [2.05, 4.69) is 19.2 Å². The third kappa shape index (κ3) is 4.66. The van der Waals surface area contributed by atoms with Crippen molar-refractivity contribution in [2.75, 3.05) is 20.8 Å². The predicted molar refractivity (Wildman–Crippen MR) is 134 cm³/mol. The topological polar surface area (TPSA) is 67.9 Å². The van der Waals surface area contributed by atoms with Crippen molar-refractivity contribution in [2.24, 2.45) is 5.92 Å². The highest BCUT2D eigenvalue weighted by molar-refractivity contribution is 7.10. The number of hydrogen-bond donors (Lipinski definition) is 1. The minimum atomic E-state index is -0.525. The molecule has 3 aromatic rings. The molecule has 0 saturated heterocycles. The Balaban J connectivity index is 1.72. The van der Waals surface area contributed by atoms with Gasteiger partial charge in [-0.2, -0.15) is 0 Å². The lowest BCUT2D eigenvalue weighted by Gasteiger charge is -2.42. The normalized spacial score (nSPS) is 17.4.